The maximum Gasteiger partial charge on any atom is 0.573 e. The molecule has 1 atom stereocenters. The van der Waals surface area contributed by atoms with Gasteiger partial charge in [-0.25, -0.2) is 0 Å². The van der Waals surface area contributed by atoms with E-state index >= 15 is 0 Å². The van der Waals surface area contributed by atoms with Crippen molar-refractivity contribution in [2.75, 3.05) is 0 Å². The topological polar surface area (TPSA) is 35.2 Å². The van der Waals surface area contributed by atoms with Crippen molar-refractivity contribution in [1.82, 2.24) is 0 Å². The number of ether oxygens (including phenoxy) is 1. The molecule has 2 nitrogen and oxygen atoms in total. The van der Waals surface area contributed by atoms with Crippen molar-refractivity contribution in [3.05, 3.63) is 50.6 Å². The molecule has 1 aromatic heterocycles. The fourth-order valence-electron chi connectivity index (χ4n) is 1.61. The van der Waals surface area contributed by atoms with Gasteiger partial charge in [0, 0.05) is 10.0 Å². The third kappa shape index (κ3) is 3.71. The zero-order chi connectivity index (χ0) is 14.0. The monoisotopic (exact) mass is 351 g/mol. The summed E-state index contributed by atoms with van der Waals surface area (Å²) in [4.78, 5) is 0. The second kappa shape index (κ2) is 5.52. The Labute approximate surface area is 120 Å². The second-order valence-corrected chi connectivity index (χ2v) is 5.46. The van der Waals surface area contributed by atoms with Crippen LogP contribution in [0.15, 0.2) is 39.5 Å². The van der Waals surface area contributed by atoms with E-state index in [0.29, 0.717) is 4.47 Å². The fraction of sp³-hybridized carbons (Fsp3) is 0.167. The number of alkyl halides is 3. The average Bonchev–Trinajstić information content (AvgIpc) is 2.82. The van der Waals surface area contributed by atoms with Gasteiger partial charge in [0.05, 0.1) is 6.04 Å². The Bertz CT molecular complexity index is 557. The van der Waals surface area contributed by atoms with E-state index in [1.165, 1.54) is 29.5 Å². The Hall–Kier alpha value is -1.05. The Kier molecular flexibility index (Phi) is 4.17. The lowest BCUT2D eigenvalue weighted by Crippen LogP contribution is -2.20. The predicted molar refractivity (Wildman–Crippen MR) is 71.2 cm³/mol. The fourth-order valence-corrected chi connectivity index (χ4v) is 2.69. The van der Waals surface area contributed by atoms with Gasteiger partial charge in [0.2, 0.25) is 0 Å². The van der Waals surface area contributed by atoms with Crippen LogP contribution in [0.25, 0.3) is 0 Å². The number of hydrogen-bond acceptors (Lipinski definition) is 3. The minimum Gasteiger partial charge on any atom is -0.405 e. The summed E-state index contributed by atoms with van der Waals surface area (Å²) in [5.41, 5.74) is 7.02. The van der Waals surface area contributed by atoms with Gasteiger partial charge in [-0.3, -0.25) is 0 Å². The van der Waals surface area contributed by atoms with Crippen molar-refractivity contribution in [2.24, 2.45) is 5.73 Å². The van der Waals surface area contributed by atoms with Crippen molar-refractivity contribution >= 4 is 27.3 Å². The van der Waals surface area contributed by atoms with Gasteiger partial charge in [0.15, 0.2) is 0 Å². The second-order valence-electron chi connectivity index (χ2n) is 3.76. The minimum atomic E-state index is -4.74. The summed E-state index contributed by atoms with van der Waals surface area (Å²) in [6.45, 7) is 0. The van der Waals surface area contributed by atoms with Gasteiger partial charge in [-0.15, -0.1) is 13.2 Å². The molecule has 19 heavy (non-hydrogen) atoms. The molecule has 0 saturated heterocycles. The van der Waals surface area contributed by atoms with Gasteiger partial charge in [-0.05, 0) is 40.6 Å². The van der Waals surface area contributed by atoms with Crippen LogP contribution >= 0.6 is 27.3 Å². The van der Waals surface area contributed by atoms with Crippen molar-refractivity contribution in [1.29, 1.82) is 0 Å². The molecule has 2 rings (SSSR count). The summed E-state index contributed by atoms with van der Waals surface area (Å²) < 4.78 is 41.7. The number of thiophene rings is 1. The van der Waals surface area contributed by atoms with Gasteiger partial charge < -0.3 is 10.5 Å². The molecule has 0 saturated carbocycles. The first-order valence-electron chi connectivity index (χ1n) is 5.19. The first kappa shape index (κ1) is 14.4. The molecule has 0 bridgehead atoms. The smallest absolute Gasteiger partial charge is 0.405 e. The molecule has 102 valence electrons. The quantitative estimate of drug-likeness (QED) is 0.885. The molecule has 1 aromatic carbocycles. The van der Waals surface area contributed by atoms with E-state index in [4.69, 9.17) is 5.73 Å². The molecule has 0 amide bonds. The van der Waals surface area contributed by atoms with Crippen LogP contribution in [0.5, 0.6) is 5.75 Å². The first-order valence-corrected chi connectivity index (χ1v) is 6.93. The SMILES string of the molecule is N[C@H](c1ccsc1)c1cc(Br)ccc1OC(F)(F)F. The molecule has 1 heterocycles. The van der Waals surface area contributed by atoms with E-state index in [9.17, 15) is 13.2 Å². The molecular formula is C12H9BrF3NOS. The lowest BCUT2D eigenvalue weighted by Gasteiger charge is -2.17. The van der Waals surface area contributed by atoms with E-state index in [0.717, 1.165) is 5.56 Å². The number of nitrogens with two attached hydrogens (primary N) is 1. The van der Waals surface area contributed by atoms with Gasteiger partial charge in [0.1, 0.15) is 5.75 Å². The third-order valence-electron chi connectivity index (χ3n) is 2.43. The van der Waals surface area contributed by atoms with Crippen LogP contribution in [0.4, 0.5) is 13.2 Å². The summed E-state index contributed by atoms with van der Waals surface area (Å²) in [5.74, 6) is -0.283. The molecule has 0 unspecified atom stereocenters. The lowest BCUT2D eigenvalue weighted by atomic mass is 10.0. The minimum absolute atomic E-state index is 0.283. The first-order chi connectivity index (χ1) is 8.87. The Morgan fingerprint density at radius 2 is 2.00 bits per heavy atom. The van der Waals surface area contributed by atoms with Gasteiger partial charge in [0.25, 0.3) is 0 Å². The van der Waals surface area contributed by atoms with Crippen LogP contribution in [0.3, 0.4) is 0 Å². The number of halogens is 4. The summed E-state index contributed by atoms with van der Waals surface area (Å²) in [6.07, 6.45) is -4.74. The number of hydrogen-bond donors (Lipinski definition) is 1. The largest absolute Gasteiger partial charge is 0.573 e. The Morgan fingerprint density at radius 1 is 1.26 bits per heavy atom. The van der Waals surface area contributed by atoms with E-state index in [2.05, 4.69) is 20.7 Å². The highest BCUT2D eigenvalue weighted by Crippen LogP contribution is 2.34. The van der Waals surface area contributed by atoms with Crippen molar-refractivity contribution in [2.45, 2.75) is 12.4 Å². The predicted octanol–water partition coefficient (Wildman–Crippen LogP) is 4.46. The maximum absolute atomic E-state index is 12.4. The van der Waals surface area contributed by atoms with Crippen LogP contribution in [-0.4, -0.2) is 6.36 Å². The van der Waals surface area contributed by atoms with E-state index in [1.807, 2.05) is 5.38 Å². The van der Waals surface area contributed by atoms with Crippen LogP contribution in [0.1, 0.15) is 17.2 Å². The molecule has 0 spiro atoms. The molecular weight excluding hydrogens is 343 g/mol. The molecule has 0 radical (unpaired) electrons. The van der Waals surface area contributed by atoms with Gasteiger partial charge >= 0.3 is 6.36 Å². The van der Waals surface area contributed by atoms with E-state index in [1.54, 1.807) is 11.4 Å². The van der Waals surface area contributed by atoms with Crippen LogP contribution in [0, 0.1) is 0 Å². The van der Waals surface area contributed by atoms with Crippen molar-refractivity contribution in [3.8, 4) is 5.75 Å². The summed E-state index contributed by atoms with van der Waals surface area (Å²) >= 11 is 4.65. The Balaban J connectivity index is 2.40. The summed E-state index contributed by atoms with van der Waals surface area (Å²) in [5, 5.41) is 3.61. The van der Waals surface area contributed by atoms with Crippen LogP contribution < -0.4 is 10.5 Å². The lowest BCUT2D eigenvalue weighted by molar-refractivity contribution is -0.274. The summed E-state index contributed by atoms with van der Waals surface area (Å²) in [6, 6.07) is 5.36. The van der Waals surface area contributed by atoms with Crippen molar-refractivity contribution < 1.29 is 17.9 Å². The molecule has 0 aliphatic rings. The molecule has 0 fully saturated rings. The number of rotatable bonds is 3. The normalized spacial score (nSPS) is 13.3. The van der Waals surface area contributed by atoms with E-state index < -0.39 is 12.4 Å². The van der Waals surface area contributed by atoms with Gasteiger partial charge in [-0.1, -0.05) is 15.9 Å². The van der Waals surface area contributed by atoms with Gasteiger partial charge in [-0.2, -0.15) is 11.3 Å². The third-order valence-corrected chi connectivity index (χ3v) is 3.63. The molecule has 0 aliphatic carbocycles. The standard InChI is InChI=1S/C12H9BrF3NOS/c13-8-1-2-10(18-12(14,15)16)9(5-8)11(17)7-3-4-19-6-7/h1-6,11H,17H2/t11-/m1/s1. The molecule has 2 N–H and O–H groups in total. The molecule has 0 aliphatic heterocycles. The molecule has 2 aromatic rings. The highest BCUT2D eigenvalue weighted by molar-refractivity contribution is 9.10. The van der Waals surface area contributed by atoms with Crippen molar-refractivity contribution in [3.63, 3.8) is 0 Å². The maximum atomic E-state index is 12.4. The highest BCUT2D eigenvalue weighted by atomic mass is 79.9. The van der Waals surface area contributed by atoms with Crippen LogP contribution in [0.2, 0.25) is 0 Å². The summed E-state index contributed by atoms with van der Waals surface area (Å²) in [7, 11) is 0. The zero-order valence-electron chi connectivity index (χ0n) is 9.45. The highest BCUT2D eigenvalue weighted by Gasteiger charge is 2.33. The molecule has 7 heteroatoms. The number of benzene rings is 1. The Morgan fingerprint density at radius 3 is 2.58 bits per heavy atom. The van der Waals surface area contributed by atoms with E-state index in [-0.39, 0.29) is 11.3 Å². The van der Waals surface area contributed by atoms with Crippen LogP contribution in [-0.2, 0) is 0 Å². The average molecular weight is 352 g/mol. The zero-order valence-corrected chi connectivity index (χ0v) is 11.8.